The van der Waals surface area contributed by atoms with E-state index in [0.717, 1.165) is 6.42 Å². The lowest BCUT2D eigenvalue weighted by atomic mass is 10.1. The molecule has 1 unspecified atom stereocenters. The van der Waals surface area contributed by atoms with Crippen molar-refractivity contribution in [3.8, 4) is 5.75 Å². The number of rotatable bonds is 8. The summed E-state index contributed by atoms with van der Waals surface area (Å²) >= 11 is 0. The average molecular weight is 357 g/mol. The Morgan fingerprint density at radius 3 is 2.73 bits per heavy atom. The topological polar surface area (TPSA) is 73.2 Å². The molecule has 6 nitrogen and oxygen atoms in total. The number of carbonyl (C=O) groups excluding carboxylic acids is 1. The Labute approximate surface area is 154 Å². The number of amides is 1. The molecule has 2 heterocycles. The summed E-state index contributed by atoms with van der Waals surface area (Å²) in [5.74, 6) is 0.764. The molecule has 1 N–H and O–H groups in total. The van der Waals surface area contributed by atoms with Crippen molar-refractivity contribution in [3.05, 3.63) is 58.3 Å². The molecule has 0 spiro atoms. The van der Waals surface area contributed by atoms with Crippen LogP contribution in [0.1, 0.15) is 43.1 Å². The quantitative estimate of drug-likeness (QED) is 0.788. The standard InChI is InChI=1S/C20H27N3O3/c1-14(2)7-10-23-11-8-15(3)18(20(23)25)19(24)22-12-16(4)26-17-6-5-9-21-13-17/h5-6,8-9,11,13-14,16H,7,10,12H2,1-4H3,(H,22,24). The third-order valence-corrected chi connectivity index (χ3v) is 4.07. The zero-order chi connectivity index (χ0) is 19.1. The maximum Gasteiger partial charge on any atom is 0.263 e. The van der Waals surface area contributed by atoms with Gasteiger partial charge in [-0.05, 0) is 49.9 Å². The van der Waals surface area contributed by atoms with Crippen LogP contribution in [0.4, 0.5) is 0 Å². The fourth-order valence-corrected chi connectivity index (χ4v) is 2.53. The molecule has 0 aliphatic rings. The summed E-state index contributed by atoms with van der Waals surface area (Å²) in [6.45, 7) is 8.75. The lowest BCUT2D eigenvalue weighted by Crippen LogP contribution is -2.38. The molecule has 26 heavy (non-hydrogen) atoms. The highest BCUT2D eigenvalue weighted by molar-refractivity contribution is 5.95. The van der Waals surface area contributed by atoms with Crippen LogP contribution in [0, 0.1) is 12.8 Å². The fraction of sp³-hybridized carbons (Fsp3) is 0.450. The zero-order valence-corrected chi connectivity index (χ0v) is 15.9. The highest BCUT2D eigenvalue weighted by Gasteiger charge is 2.17. The lowest BCUT2D eigenvalue weighted by molar-refractivity contribution is 0.0929. The van der Waals surface area contributed by atoms with Crippen LogP contribution in [-0.4, -0.2) is 28.1 Å². The van der Waals surface area contributed by atoms with Gasteiger partial charge >= 0.3 is 0 Å². The Hall–Kier alpha value is -2.63. The summed E-state index contributed by atoms with van der Waals surface area (Å²) in [6, 6.07) is 5.40. The van der Waals surface area contributed by atoms with E-state index in [2.05, 4.69) is 24.1 Å². The molecule has 0 saturated heterocycles. The minimum absolute atomic E-state index is 0.199. The molecule has 0 aliphatic carbocycles. The van der Waals surface area contributed by atoms with E-state index >= 15 is 0 Å². The van der Waals surface area contributed by atoms with Gasteiger partial charge in [-0.25, -0.2) is 0 Å². The van der Waals surface area contributed by atoms with Crippen molar-refractivity contribution in [2.75, 3.05) is 6.54 Å². The van der Waals surface area contributed by atoms with E-state index in [9.17, 15) is 9.59 Å². The number of carbonyl (C=O) groups is 1. The van der Waals surface area contributed by atoms with Crippen molar-refractivity contribution in [3.63, 3.8) is 0 Å². The monoisotopic (exact) mass is 357 g/mol. The van der Waals surface area contributed by atoms with Crippen molar-refractivity contribution in [2.24, 2.45) is 5.92 Å². The van der Waals surface area contributed by atoms with E-state index in [1.807, 2.05) is 13.0 Å². The van der Waals surface area contributed by atoms with Crippen LogP contribution >= 0.6 is 0 Å². The summed E-state index contributed by atoms with van der Waals surface area (Å²) < 4.78 is 7.30. The molecule has 0 fully saturated rings. The highest BCUT2D eigenvalue weighted by Crippen LogP contribution is 2.09. The first-order valence-corrected chi connectivity index (χ1v) is 8.93. The smallest absolute Gasteiger partial charge is 0.263 e. The maximum absolute atomic E-state index is 12.6. The average Bonchev–Trinajstić information content (AvgIpc) is 2.60. The number of nitrogens with one attached hydrogen (secondary N) is 1. The van der Waals surface area contributed by atoms with Gasteiger partial charge < -0.3 is 14.6 Å². The van der Waals surface area contributed by atoms with Crippen molar-refractivity contribution < 1.29 is 9.53 Å². The fourth-order valence-electron chi connectivity index (χ4n) is 2.53. The number of hydrogen-bond acceptors (Lipinski definition) is 4. The van der Waals surface area contributed by atoms with Crippen molar-refractivity contribution >= 4 is 5.91 Å². The van der Waals surface area contributed by atoms with Gasteiger partial charge in [-0.1, -0.05) is 13.8 Å². The minimum atomic E-state index is -0.368. The molecule has 140 valence electrons. The Balaban J connectivity index is 2.02. The van der Waals surface area contributed by atoms with Crippen LogP contribution in [0.5, 0.6) is 5.75 Å². The van der Waals surface area contributed by atoms with Crippen LogP contribution in [-0.2, 0) is 6.54 Å². The molecule has 2 aromatic rings. The van der Waals surface area contributed by atoms with Gasteiger partial charge in [0.15, 0.2) is 0 Å². The van der Waals surface area contributed by atoms with Gasteiger partial charge in [0, 0.05) is 18.9 Å². The first-order valence-electron chi connectivity index (χ1n) is 8.93. The molecule has 0 radical (unpaired) electrons. The third kappa shape index (κ3) is 5.44. The second-order valence-electron chi connectivity index (χ2n) is 6.88. The van der Waals surface area contributed by atoms with Gasteiger partial charge in [0.25, 0.3) is 11.5 Å². The molecular formula is C20H27N3O3. The van der Waals surface area contributed by atoms with Crippen molar-refractivity contribution in [1.82, 2.24) is 14.9 Å². The van der Waals surface area contributed by atoms with E-state index in [0.29, 0.717) is 30.3 Å². The number of hydrogen-bond donors (Lipinski definition) is 1. The molecule has 2 aromatic heterocycles. The largest absolute Gasteiger partial charge is 0.487 e. The maximum atomic E-state index is 12.6. The van der Waals surface area contributed by atoms with Crippen LogP contribution < -0.4 is 15.6 Å². The summed E-state index contributed by atoms with van der Waals surface area (Å²) in [6.07, 6.45) is 5.69. The highest BCUT2D eigenvalue weighted by atomic mass is 16.5. The molecule has 6 heteroatoms. The van der Waals surface area contributed by atoms with Gasteiger partial charge in [0.2, 0.25) is 0 Å². The van der Waals surface area contributed by atoms with Gasteiger partial charge in [0.05, 0.1) is 12.7 Å². The number of nitrogens with zero attached hydrogens (tertiary/aromatic N) is 2. The molecule has 1 amide bonds. The Morgan fingerprint density at radius 2 is 2.08 bits per heavy atom. The first kappa shape index (κ1) is 19.7. The summed E-state index contributed by atoms with van der Waals surface area (Å²) in [4.78, 5) is 29.2. The Bertz CT molecular complexity index is 785. The van der Waals surface area contributed by atoms with Crippen LogP contribution in [0.2, 0.25) is 0 Å². The molecule has 0 bridgehead atoms. The molecule has 0 aliphatic heterocycles. The van der Waals surface area contributed by atoms with Crippen molar-refractivity contribution in [2.45, 2.75) is 46.8 Å². The second-order valence-corrected chi connectivity index (χ2v) is 6.88. The number of aryl methyl sites for hydroxylation is 2. The molecular weight excluding hydrogens is 330 g/mol. The Kier molecular flexibility index (Phi) is 6.95. The van der Waals surface area contributed by atoms with Crippen LogP contribution in [0.3, 0.4) is 0 Å². The minimum Gasteiger partial charge on any atom is -0.487 e. The van der Waals surface area contributed by atoms with E-state index in [4.69, 9.17) is 4.74 Å². The van der Waals surface area contributed by atoms with E-state index in [1.54, 1.807) is 42.2 Å². The normalized spacial score (nSPS) is 12.0. The number of aromatic nitrogens is 2. The van der Waals surface area contributed by atoms with Gasteiger partial charge in [-0.3, -0.25) is 14.6 Å². The summed E-state index contributed by atoms with van der Waals surface area (Å²) in [5, 5.41) is 2.80. The van der Waals surface area contributed by atoms with Gasteiger partial charge in [-0.15, -0.1) is 0 Å². The summed E-state index contributed by atoms with van der Waals surface area (Å²) in [7, 11) is 0. The van der Waals surface area contributed by atoms with Crippen LogP contribution in [0.15, 0.2) is 41.6 Å². The lowest BCUT2D eigenvalue weighted by Gasteiger charge is -2.16. The molecule has 0 aromatic carbocycles. The SMILES string of the molecule is Cc1ccn(CCC(C)C)c(=O)c1C(=O)NCC(C)Oc1cccnc1. The van der Waals surface area contributed by atoms with E-state index < -0.39 is 0 Å². The van der Waals surface area contributed by atoms with E-state index in [1.165, 1.54) is 0 Å². The van der Waals surface area contributed by atoms with E-state index in [-0.39, 0.29) is 23.1 Å². The van der Waals surface area contributed by atoms with Crippen molar-refractivity contribution in [1.29, 1.82) is 0 Å². The molecule has 2 rings (SSSR count). The predicted octanol–water partition coefficient (Wildman–Crippen LogP) is 2.80. The first-order chi connectivity index (χ1) is 12.4. The Morgan fingerprint density at radius 1 is 1.31 bits per heavy atom. The second kappa shape index (κ2) is 9.17. The van der Waals surface area contributed by atoms with Gasteiger partial charge in [-0.2, -0.15) is 0 Å². The molecule has 0 saturated carbocycles. The van der Waals surface area contributed by atoms with Crippen LogP contribution in [0.25, 0.3) is 0 Å². The predicted molar refractivity (Wildman–Crippen MR) is 102 cm³/mol. The zero-order valence-electron chi connectivity index (χ0n) is 15.9. The number of ether oxygens (including phenoxy) is 1. The third-order valence-electron chi connectivity index (χ3n) is 4.07. The molecule has 1 atom stereocenters. The summed E-state index contributed by atoms with van der Waals surface area (Å²) in [5.41, 5.74) is 0.628. The number of pyridine rings is 2. The van der Waals surface area contributed by atoms with Gasteiger partial charge in [0.1, 0.15) is 17.4 Å².